The Balaban J connectivity index is 2.34. The number of hydrogen-bond donors (Lipinski definition) is 0. The van der Waals surface area contributed by atoms with Crippen molar-refractivity contribution in [1.82, 2.24) is 4.98 Å². The fourth-order valence-corrected chi connectivity index (χ4v) is 1.87. The molecule has 20 heavy (non-hydrogen) atoms. The fraction of sp³-hybridized carbons (Fsp3) is 0.615. The van der Waals surface area contributed by atoms with Crippen molar-refractivity contribution in [2.24, 2.45) is 0 Å². The summed E-state index contributed by atoms with van der Waals surface area (Å²) in [4.78, 5) is 3.99. The van der Waals surface area contributed by atoms with Crippen LogP contribution in [0, 0.1) is 6.92 Å². The van der Waals surface area contributed by atoms with Crippen LogP contribution in [0.5, 0.6) is 5.88 Å². The van der Waals surface area contributed by atoms with Gasteiger partial charge in [0.2, 0.25) is 5.88 Å². The quantitative estimate of drug-likeness (QED) is 0.799. The molecule has 0 N–H and O–H groups in total. The number of hydrogen-bond acceptors (Lipinski definition) is 4. The van der Waals surface area contributed by atoms with E-state index in [1.54, 1.807) is 19.1 Å². The van der Waals surface area contributed by atoms with Crippen molar-refractivity contribution in [3.05, 3.63) is 17.8 Å². The van der Waals surface area contributed by atoms with Crippen molar-refractivity contribution in [2.45, 2.75) is 52.4 Å². The Morgan fingerprint density at radius 3 is 2.20 bits per heavy atom. The third-order valence-electron chi connectivity index (χ3n) is 3.74. The number of aryl methyl sites for hydroxylation is 1. The van der Waals surface area contributed by atoms with Crippen LogP contribution < -0.4 is 10.2 Å². The van der Waals surface area contributed by atoms with E-state index >= 15 is 0 Å². The van der Waals surface area contributed by atoms with Gasteiger partial charge in [-0.2, -0.15) is 8.78 Å². The summed E-state index contributed by atoms with van der Waals surface area (Å²) in [6, 6.07) is 3.35. The lowest BCUT2D eigenvalue weighted by Gasteiger charge is -2.32. The molecule has 0 saturated carbocycles. The summed E-state index contributed by atoms with van der Waals surface area (Å²) in [5.41, 5.74) is -0.148. The van der Waals surface area contributed by atoms with Gasteiger partial charge in [-0.25, -0.2) is 4.98 Å². The van der Waals surface area contributed by atoms with E-state index in [9.17, 15) is 8.78 Å². The van der Waals surface area contributed by atoms with E-state index in [1.807, 2.05) is 27.7 Å². The lowest BCUT2D eigenvalue weighted by Crippen LogP contribution is -2.41. The Bertz CT molecular complexity index is 492. The zero-order valence-electron chi connectivity index (χ0n) is 12.2. The summed E-state index contributed by atoms with van der Waals surface area (Å²) in [5.74, 6) is -0.154. The van der Waals surface area contributed by atoms with E-state index in [1.165, 1.54) is 0 Å². The normalized spacial score (nSPS) is 20.5. The van der Waals surface area contributed by atoms with Gasteiger partial charge in [-0.3, -0.25) is 0 Å². The minimum atomic E-state index is -2.94. The fourth-order valence-electron chi connectivity index (χ4n) is 1.87. The van der Waals surface area contributed by atoms with Gasteiger partial charge in [0.1, 0.15) is 0 Å². The molecule has 0 radical (unpaired) electrons. The maximum absolute atomic E-state index is 12.5. The highest BCUT2D eigenvalue weighted by atomic mass is 19.3. The maximum atomic E-state index is 12.5. The van der Waals surface area contributed by atoms with Crippen LogP contribution in [0.1, 0.15) is 33.4 Å². The number of nitrogens with zero attached hydrogens (tertiary/aromatic N) is 1. The maximum Gasteiger partial charge on any atom is 0.500 e. The number of pyridine rings is 1. The third kappa shape index (κ3) is 2.78. The van der Waals surface area contributed by atoms with Crippen LogP contribution in [-0.2, 0) is 9.31 Å². The minimum absolute atomic E-state index is 0.154. The SMILES string of the molecule is Cc1ccc(B2OC(C)(C)C(C)(C)O2)c(OC(F)F)n1. The third-order valence-corrected chi connectivity index (χ3v) is 3.74. The van der Waals surface area contributed by atoms with Crippen LogP contribution in [0.3, 0.4) is 0 Å². The molecular weight excluding hydrogens is 267 g/mol. The van der Waals surface area contributed by atoms with Gasteiger partial charge in [-0.1, -0.05) is 6.07 Å². The highest BCUT2D eigenvalue weighted by molar-refractivity contribution is 6.63. The summed E-state index contributed by atoms with van der Waals surface area (Å²) in [7, 11) is -0.776. The Labute approximate surface area is 117 Å². The molecule has 1 aliphatic heterocycles. The average Bonchev–Trinajstić information content (AvgIpc) is 2.46. The molecule has 0 aromatic carbocycles. The van der Waals surface area contributed by atoms with Crippen LogP contribution in [0.25, 0.3) is 0 Å². The summed E-state index contributed by atoms with van der Waals surface area (Å²) >= 11 is 0. The van der Waals surface area contributed by atoms with Crippen LogP contribution in [0.4, 0.5) is 8.78 Å². The van der Waals surface area contributed by atoms with Crippen LogP contribution in [0.2, 0.25) is 0 Å². The molecule has 110 valence electrons. The van der Waals surface area contributed by atoms with Crippen molar-refractivity contribution in [1.29, 1.82) is 0 Å². The summed E-state index contributed by atoms with van der Waals surface area (Å²) in [6.45, 7) is 6.33. The number of halogens is 2. The average molecular weight is 285 g/mol. The highest BCUT2D eigenvalue weighted by Gasteiger charge is 2.52. The second kappa shape index (κ2) is 4.97. The Hall–Kier alpha value is -1.21. The van der Waals surface area contributed by atoms with Crippen molar-refractivity contribution < 1.29 is 22.8 Å². The second-order valence-corrected chi connectivity index (χ2v) is 5.81. The van der Waals surface area contributed by atoms with Gasteiger partial charge < -0.3 is 14.0 Å². The van der Waals surface area contributed by atoms with E-state index in [0.717, 1.165) is 0 Å². The molecule has 0 unspecified atom stereocenters. The van der Waals surface area contributed by atoms with Crippen molar-refractivity contribution >= 4 is 12.6 Å². The Morgan fingerprint density at radius 2 is 1.70 bits per heavy atom. The van der Waals surface area contributed by atoms with E-state index in [4.69, 9.17) is 9.31 Å². The first-order chi connectivity index (χ1) is 9.12. The largest absolute Gasteiger partial charge is 0.500 e. The molecule has 1 aromatic heterocycles. The minimum Gasteiger partial charge on any atom is -0.417 e. The molecule has 1 aromatic rings. The van der Waals surface area contributed by atoms with Gasteiger partial charge in [0, 0.05) is 11.2 Å². The zero-order valence-corrected chi connectivity index (χ0v) is 12.2. The molecule has 0 bridgehead atoms. The van der Waals surface area contributed by atoms with E-state index in [2.05, 4.69) is 9.72 Å². The van der Waals surface area contributed by atoms with E-state index < -0.39 is 24.9 Å². The van der Waals surface area contributed by atoms with E-state index in [0.29, 0.717) is 11.2 Å². The van der Waals surface area contributed by atoms with Gasteiger partial charge in [0.05, 0.1) is 11.2 Å². The first-order valence-electron chi connectivity index (χ1n) is 6.40. The molecule has 0 atom stereocenters. The number of alkyl halides is 2. The van der Waals surface area contributed by atoms with Crippen LogP contribution in [-0.4, -0.2) is 29.9 Å². The molecule has 2 heterocycles. The monoisotopic (exact) mass is 285 g/mol. The van der Waals surface area contributed by atoms with Gasteiger partial charge in [-0.05, 0) is 40.7 Å². The number of aromatic nitrogens is 1. The van der Waals surface area contributed by atoms with E-state index in [-0.39, 0.29) is 5.88 Å². The van der Waals surface area contributed by atoms with Crippen molar-refractivity contribution in [3.63, 3.8) is 0 Å². The Morgan fingerprint density at radius 1 is 1.15 bits per heavy atom. The first-order valence-corrected chi connectivity index (χ1v) is 6.40. The van der Waals surface area contributed by atoms with Crippen molar-refractivity contribution in [3.8, 4) is 5.88 Å². The zero-order chi connectivity index (χ0) is 15.1. The molecule has 1 saturated heterocycles. The molecule has 7 heteroatoms. The summed E-state index contributed by atoms with van der Waals surface area (Å²) in [6.07, 6.45) is 0. The molecule has 1 fully saturated rings. The molecule has 0 aliphatic carbocycles. The molecule has 0 amide bonds. The Kier molecular flexibility index (Phi) is 3.77. The van der Waals surface area contributed by atoms with Crippen LogP contribution >= 0.6 is 0 Å². The second-order valence-electron chi connectivity index (χ2n) is 5.81. The lowest BCUT2D eigenvalue weighted by atomic mass is 9.79. The molecule has 1 aliphatic rings. The van der Waals surface area contributed by atoms with Gasteiger partial charge >= 0.3 is 13.7 Å². The predicted octanol–water partition coefficient (Wildman–Crippen LogP) is 2.29. The molecule has 0 spiro atoms. The van der Waals surface area contributed by atoms with Crippen LogP contribution in [0.15, 0.2) is 12.1 Å². The predicted molar refractivity (Wildman–Crippen MR) is 71.3 cm³/mol. The standard InChI is InChI=1S/C13H18BF2NO3/c1-8-6-7-9(10(17-8)18-11(15)16)14-19-12(2,3)13(4,5)20-14/h6-7,11H,1-5H3. The highest BCUT2D eigenvalue weighted by Crippen LogP contribution is 2.37. The number of rotatable bonds is 3. The number of ether oxygens (including phenoxy) is 1. The molecular formula is C13H18BF2NO3. The van der Waals surface area contributed by atoms with Gasteiger partial charge in [0.25, 0.3) is 0 Å². The summed E-state index contributed by atoms with van der Waals surface area (Å²) < 4.78 is 41.1. The van der Waals surface area contributed by atoms with Crippen molar-refractivity contribution in [2.75, 3.05) is 0 Å². The lowest BCUT2D eigenvalue weighted by molar-refractivity contribution is -0.0522. The molecule has 2 rings (SSSR count). The topological polar surface area (TPSA) is 40.6 Å². The summed E-state index contributed by atoms with van der Waals surface area (Å²) in [5, 5.41) is 0. The van der Waals surface area contributed by atoms with Gasteiger partial charge in [0.15, 0.2) is 0 Å². The van der Waals surface area contributed by atoms with Gasteiger partial charge in [-0.15, -0.1) is 0 Å². The molecule has 4 nitrogen and oxygen atoms in total. The first kappa shape index (κ1) is 15.2. The smallest absolute Gasteiger partial charge is 0.417 e.